The minimum Gasteiger partial charge on any atom is -0.353 e. The molecule has 0 aliphatic carbocycles. The van der Waals surface area contributed by atoms with Crippen LogP contribution in [0.2, 0.25) is 0 Å². The predicted molar refractivity (Wildman–Crippen MR) is 64.4 cm³/mol. The van der Waals surface area contributed by atoms with Crippen LogP contribution < -0.4 is 16.0 Å². The van der Waals surface area contributed by atoms with Crippen molar-refractivity contribution in [2.75, 3.05) is 13.1 Å². The SMILES string of the molecule is O=C1CCC(CNC(=O)C2CCCCCN2)N1. The minimum absolute atomic E-state index is 0.0467. The van der Waals surface area contributed by atoms with E-state index in [2.05, 4.69) is 16.0 Å². The molecular weight excluding hydrogens is 218 g/mol. The summed E-state index contributed by atoms with van der Waals surface area (Å²) < 4.78 is 0. The zero-order valence-electron chi connectivity index (χ0n) is 10.1. The number of carbonyl (C=O) groups excluding carboxylic acids is 2. The molecule has 0 saturated carbocycles. The van der Waals surface area contributed by atoms with Crippen LogP contribution in [0.1, 0.15) is 38.5 Å². The van der Waals surface area contributed by atoms with E-state index in [1.54, 1.807) is 0 Å². The first-order chi connectivity index (χ1) is 8.25. The standard InChI is InChI=1S/C12H21N3O2/c16-11-6-5-9(15-11)8-14-12(17)10-4-2-1-3-7-13-10/h9-10,13H,1-8H2,(H,14,17)(H,15,16). The predicted octanol–water partition coefficient (Wildman–Crippen LogP) is -0.0866. The van der Waals surface area contributed by atoms with E-state index in [-0.39, 0.29) is 23.9 Å². The topological polar surface area (TPSA) is 70.2 Å². The van der Waals surface area contributed by atoms with Gasteiger partial charge in [-0.15, -0.1) is 0 Å². The summed E-state index contributed by atoms with van der Waals surface area (Å²) in [5, 5.41) is 9.04. The number of hydrogen-bond donors (Lipinski definition) is 3. The van der Waals surface area contributed by atoms with Crippen molar-refractivity contribution in [1.82, 2.24) is 16.0 Å². The first kappa shape index (κ1) is 12.4. The Balaban J connectivity index is 1.70. The molecule has 0 aromatic heterocycles. The Hall–Kier alpha value is -1.10. The van der Waals surface area contributed by atoms with Gasteiger partial charge in [-0.1, -0.05) is 12.8 Å². The second kappa shape index (κ2) is 6.00. The van der Waals surface area contributed by atoms with E-state index >= 15 is 0 Å². The molecule has 0 aromatic carbocycles. The highest BCUT2D eigenvalue weighted by molar-refractivity contribution is 5.82. The Kier molecular flexibility index (Phi) is 4.36. The highest BCUT2D eigenvalue weighted by atomic mass is 16.2. The van der Waals surface area contributed by atoms with Crippen LogP contribution in [-0.4, -0.2) is 37.0 Å². The van der Waals surface area contributed by atoms with Crippen molar-refractivity contribution in [1.29, 1.82) is 0 Å². The lowest BCUT2D eigenvalue weighted by atomic mass is 10.1. The largest absolute Gasteiger partial charge is 0.353 e. The fraction of sp³-hybridized carbons (Fsp3) is 0.833. The summed E-state index contributed by atoms with van der Waals surface area (Å²) in [4.78, 5) is 22.9. The summed E-state index contributed by atoms with van der Waals surface area (Å²) in [5.41, 5.74) is 0. The number of hydrogen-bond acceptors (Lipinski definition) is 3. The number of amides is 2. The third-order valence-corrected chi connectivity index (χ3v) is 3.48. The first-order valence-electron chi connectivity index (χ1n) is 6.56. The van der Waals surface area contributed by atoms with E-state index in [0.717, 1.165) is 32.2 Å². The van der Waals surface area contributed by atoms with E-state index in [1.165, 1.54) is 6.42 Å². The number of rotatable bonds is 3. The molecule has 96 valence electrons. The van der Waals surface area contributed by atoms with Gasteiger partial charge in [-0.2, -0.15) is 0 Å². The Morgan fingerprint density at radius 2 is 2.18 bits per heavy atom. The highest BCUT2D eigenvalue weighted by Crippen LogP contribution is 2.09. The van der Waals surface area contributed by atoms with Crippen LogP contribution >= 0.6 is 0 Å². The quantitative estimate of drug-likeness (QED) is 0.645. The zero-order valence-corrected chi connectivity index (χ0v) is 10.1. The normalized spacial score (nSPS) is 29.5. The van der Waals surface area contributed by atoms with Crippen LogP contribution in [-0.2, 0) is 9.59 Å². The van der Waals surface area contributed by atoms with Gasteiger partial charge in [-0.05, 0) is 25.8 Å². The third kappa shape index (κ3) is 3.70. The highest BCUT2D eigenvalue weighted by Gasteiger charge is 2.23. The van der Waals surface area contributed by atoms with Crippen LogP contribution in [0.3, 0.4) is 0 Å². The van der Waals surface area contributed by atoms with Gasteiger partial charge in [0.2, 0.25) is 11.8 Å². The molecule has 5 nitrogen and oxygen atoms in total. The molecule has 2 saturated heterocycles. The second-order valence-electron chi connectivity index (χ2n) is 4.90. The van der Waals surface area contributed by atoms with Gasteiger partial charge >= 0.3 is 0 Å². The summed E-state index contributed by atoms with van der Waals surface area (Å²) in [6.45, 7) is 1.49. The van der Waals surface area contributed by atoms with Crippen molar-refractivity contribution in [3.05, 3.63) is 0 Å². The average molecular weight is 239 g/mol. The third-order valence-electron chi connectivity index (χ3n) is 3.48. The summed E-state index contributed by atoms with van der Waals surface area (Å²) in [7, 11) is 0. The van der Waals surface area contributed by atoms with Crippen molar-refractivity contribution in [2.24, 2.45) is 0 Å². The molecule has 0 aromatic rings. The molecule has 2 aliphatic rings. The number of carbonyl (C=O) groups is 2. The summed E-state index contributed by atoms with van der Waals surface area (Å²) >= 11 is 0. The van der Waals surface area contributed by atoms with E-state index in [0.29, 0.717) is 13.0 Å². The lowest BCUT2D eigenvalue weighted by Crippen LogP contribution is -2.47. The monoisotopic (exact) mass is 239 g/mol. The first-order valence-corrected chi connectivity index (χ1v) is 6.56. The van der Waals surface area contributed by atoms with Crippen molar-refractivity contribution < 1.29 is 9.59 Å². The molecule has 0 spiro atoms. The Bertz CT molecular complexity index is 285. The van der Waals surface area contributed by atoms with Crippen LogP contribution in [0.5, 0.6) is 0 Å². The number of nitrogens with one attached hydrogen (secondary N) is 3. The molecule has 2 fully saturated rings. The van der Waals surface area contributed by atoms with Crippen molar-refractivity contribution in [2.45, 2.75) is 50.6 Å². The van der Waals surface area contributed by atoms with Gasteiger partial charge < -0.3 is 16.0 Å². The van der Waals surface area contributed by atoms with Gasteiger partial charge in [0.1, 0.15) is 0 Å². The van der Waals surface area contributed by atoms with Gasteiger partial charge in [0, 0.05) is 19.0 Å². The maximum atomic E-state index is 11.9. The molecule has 3 N–H and O–H groups in total. The molecule has 0 bridgehead atoms. The van der Waals surface area contributed by atoms with Crippen LogP contribution in [0, 0.1) is 0 Å². The molecule has 2 heterocycles. The fourth-order valence-electron chi connectivity index (χ4n) is 2.43. The summed E-state index contributed by atoms with van der Waals surface area (Å²) in [6, 6.07) is 0.0758. The molecule has 17 heavy (non-hydrogen) atoms. The fourth-order valence-corrected chi connectivity index (χ4v) is 2.43. The maximum absolute atomic E-state index is 11.9. The summed E-state index contributed by atoms with van der Waals surface area (Å²) in [5.74, 6) is 0.171. The lowest BCUT2D eigenvalue weighted by Gasteiger charge is -2.17. The summed E-state index contributed by atoms with van der Waals surface area (Å²) in [6.07, 6.45) is 5.81. The molecule has 0 radical (unpaired) electrons. The van der Waals surface area contributed by atoms with Crippen LogP contribution in [0.4, 0.5) is 0 Å². The lowest BCUT2D eigenvalue weighted by molar-refractivity contribution is -0.123. The van der Waals surface area contributed by atoms with Gasteiger partial charge in [0.05, 0.1) is 6.04 Å². The molecule has 2 amide bonds. The van der Waals surface area contributed by atoms with E-state index in [4.69, 9.17) is 0 Å². The minimum atomic E-state index is -0.0467. The molecule has 2 unspecified atom stereocenters. The van der Waals surface area contributed by atoms with Gasteiger partial charge in [0.25, 0.3) is 0 Å². The zero-order chi connectivity index (χ0) is 12.1. The van der Waals surface area contributed by atoms with Crippen LogP contribution in [0.15, 0.2) is 0 Å². The van der Waals surface area contributed by atoms with Crippen molar-refractivity contribution >= 4 is 11.8 Å². The average Bonchev–Trinajstić information content (AvgIpc) is 2.58. The van der Waals surface area contributed by atoms with Gasteiger partial charge in [-0.25, -0.2) is 0 Å². The molecular formula is C12H21N3O2. The molecule has 5 heteroatoms. The van der Waals surface area contributed by atoms with E-state index < -0.39 is 0 Å². The molecule has 2 rings (SSSR count). The van der Waals surface area contributed by atoms with E-state index in [9.17, 15) is 9.59 Å². The molecule has 2 aliphatic heterocycles. The van der Waals surface area contributed by atoms with Crippen molar-refractivity contribution in [3.8, 4) is 0 Å². The Morgan fingerprint density at radius 3 is 2.94 bits per heavy atom. The Morgan fingerprint density at radius 1 is 1.29 bits per heavy atom. The van der Waals surface area contributed by atoms with Crippen molar-refractivity contribution in [3.63, 3.8) is 0 Å². The van der Waals surface area contributed by atoms with Crippen LogP contribution in [0.25, 0.3) is 0 Å². The van der Waals surface area contributed by atoms with Gasteiger partial charge in [0.15, 0.2) is 0 Å². The maximum Gasteiger partial charge on any atom is 0.237 e. The van der Waals surface area contributed by atoms with Gasteiger partial charge in [-0.3, -0.25) is 9.59 Å². The smallest absolute Gasteiger partial charge is 0.237 e. The second-order valence-corrected chi connectivity index (χ2v) is 4.90. The molecule has 2 atom stereocenters. The Labute approximate surface area is 102 Å². The van der Waals surface area contributed by atoms with E-state index in [1.807, 2.05) is 0 Å².